The van der Waals surface area contributed by atoms with Gasteiger partial charge in [-0.05, 0) is 24.5 Å². The number of hydrogen-bond donors (Lipinski definition) is 0. The second-order valence-electron chi connectivity index (χ2n) is 4.26. The second kappa shape index (κ2) is 4.01. The third-order valence-corrected chi connectivity index (χ3v) is 5.41. The van der Waals surface area contributed by atoms with Gasteiger partial charge in [-0.1, -0.05) is 25.1 Å². The van der Waals surface area contributed by atoms with Gasteiger partial charge in [0.05, 0.1) is 4.90 Å². The Labute approximate surface area is 95.4 Å². The normalized spacial score (nSPS) is 25.9. The molecule has 0 amide bonds. The van der Waals surface area contributed by atoms with Gasteiger partial charge in [0.2, 0.25) is 0 Å². The average molecular weight is 238 g/mol. The van der Waals surface area contributed by atoms with Gasteiger partial charge >= 0.3 is 0 Å². The van der Waals surface area contributed by atoms with Crippen LogP contribution in [0, 0.1) is 5.92 Å². The van der Waals surface area contributed by atoms with Crippen LogP contribution in [0.25, 0.3) is 0 Å². The van der Waals surface area contributed by atoms with Gasteiger partial charge in [-0.3, -0.25) is 4.79 Å². The Morgan fingerprint density at radius 3 is 2.31 bits per heavy atom. The molecule has 0 N–H and O–H groups in total. The van der Waals surface area contributed by atoms with E-state index in [9.17, 15) is 13.2 Å². The Balaban J connectivity index is 2.44. The number of carbonyl (C=O) groups is 1. The van der Waals surface area contributed by atoms with Crippen LogP contribution >= 0.6 is 0 Å². The topological polar surface area (TPSA) is 51.2 Å². The number of rotatable bonds is 2. The standard InChI is InChI=1S/C12H14O3S/c1-9-7-8-11(13)12(9)16(14,15)10-5-3-2-4-6-10/h2-6,9,12H,7-8H2,1H3/t9-,12+/m0/s1. The number of ketones is 1. The third kappa shape index (κ3) is 1.78. The average Bonchev–Trinajstić information content (AvgIpc) is 2.60. The lowest BCUT2D eigenvalue weighted by Gasteiger charge is -2.14. The van der Waals surface area contributed by atoms with E-state index in [4.69, 9.17) is 0 Å². The molecule has 0 bridgehead atoms. The molecule has 1 aromatic carbocycles. The smallest absolute Gasteiger partial charge is 0.188 e. The lowest BCUT2D eigenvalue weighted by molar-refractivity contribution is -0.117. The SMILES string of the molecule is C[C@H]1CCC(=O)[C@@H]1S(=O)(=O)c1ccccc1. The maximum atomic E-state index is 12.2. The molecule has 0 spiro atoms. The van der Waals surface area contributed by atoms with E-state index in [1.165, 1.54) is 0 Å². The van der Waals surface area contributed by atoms with E-state index in [0.29, 0.717) is 12.8 Å². The fourth-order valence-electron chi connectivity index (χ4n) is 2.22. The molecule has 0 heterocycles. The highest BCUT2D eigenvalue weighted by molar-refractivity contribution is 7.92. The van der Waals surface area contributed by atoms with Gasteiger partial charge in [0.1, 0.15) is 5.25 Å². The van der Waals surface area contributed by atoms with Gasteiger partial charge in [-0.2, -0.15) is 0 Å². The Morgan fingerprint density at radius 2 is 1.81 bits per heavy atom. The molecule has 16 heavy (non-hydrogen) atoms. The van der Waals surface area contributed by atoms with Crippen molar-refractivity contribution >= 4 is 15.6 Å². The van der Waals surface area contributed by atoms with Gasteiger partial charge in [-0.25, -0.2) is 8.42 Å². The van der Waals surface area contributed by atoms with Crippen LogP contribution in [0.2, 0.25) is 0 Å². The fraction of sp³-hybridized carbons (Fsp3) is 0.417. The quantitative estimate of drug-likeness (QED) is 0.789. The van der Waals surface area contributed by atoms with Gasteiger partial charge in [0.15, 0.2) is 15.6 Å². The van der Waals surface area contributed by atoms with E-state index in [1.54, 1.807) is 30.3 Å². The van der Waals surface area contributed by atoms with E-state index in [1.807, 2.05) is 6.92 Å². The van der Waals surface area contributed by atoms with Crippen LogP contribution in [-0.2, 0) is 14.6 Å². The van der Waals surface area contributed by atoms with E-state index >= 15 is 0 Å². The van der Waals surface area contributed by atoms with Gasteiger partial charge in [0.25, 0.3) is 0 Å². The van der Waals surface area contributed by atoms with Crippen LogP contribution in [0.4, 0.5) is 0 Å². The molecular weight excluding hydrogens is 224 g/mol. The first-order valence-electron chi connectivity index (χ1n) is 5.35. The first-order valence-corrected chi connectivity index (χ1v) is 6.90. The monoisotopic (exact) mass is 238 g/mol. The van der Waals surface area contributed by atoms with Crippen molar-refractivity contribution in [3.05, 3.63) is 30.3 Å². The van der Waals surface area contributed by atoms with Crippen LogP contribution in [0.15, 0.2) is 35.2 Å². The summed E-state index contributed by atoms with van der Waals surface area (Å²) in [6.07, 6.45) is 1.06. The van der Waals surface area contributed by atoms with Crippen molar-refractivity contribution in [2.45, 2.75) is 29.9 Å². The summed E-state index contributed by atoms with van der Waals surface area (Å²) in [7, 11) is -3.49. The molecule has 0 saturated heterocycles. The maximum Gasteiger partial charge on any atom is 0.188 e. The summed E-state index contributed by atoms with van der Waals surface area (Å²) in [5.74, 6) is -0.214. The summed E-state index contributed by atoms with van der Waals surface area (Å²) in [6, 6.07) is 8.22. The summed E-state index contributed by atoms with van der Waals surface area (Å²) in [5, 5.41) is -0.838. The molecule has 2 atom stereocenters. The largest absolute Gasteiger partial charge is 0.298 e. The van der Waals surface area contributed by atoms with Crippen molar-refractivity contribution < 1.29 is 13.2 Å². The Bertz CT molecular complexity index is 490. The zero-order chi connectivity index (χ0) is 11.8. The first-order chi connectivity index (χ1) is 7.53. The van der Waals surface area contributed by atoms with E-state index in [0.717, 1.165) is 0 Å². The van der Waals surface area contributed by atoms with Crippen LogP contribution in [0.1, 0.15) is 19.8 Å². The summed E-state index contributed by atoms with van der Waals surface area (Å²) in [5.41, 5.74) is 0. The fourth-order valence-corrected chi connectivity index (χ4v) is 4.26. The summed E-state index contributed by atoms with van der Waals surface area (Å²) >= 11 is 0. The molecule has 0 aromatic heterocycles. The third-order valence-electron chi connectivity index (χ3n) is 3.09. The van der Waals surface area contributed by atoms with E-state index in [2.05, 4.69) is 0 Å². The van der Waals surface area contributed by atoms with Crippen molar-refractivity contribution in [1.82, 2.24) is 0 Å². The predicted octanol–water partition coefficient (Wildman–Crippen LogP) is 1.83. The molecule has 1 saturated carbocycles. The van der Waals surface area contributed by atoms with Gasteiger partial charge < -0.3 is 0 Å². The Kier molecular flexibility index (Phi) is 2.84. The highest BCUT2D eigenvalue weighted by Gasteiger charge is 2.42. The minimum atomic E-state index is -3.49. The zero-order valence-corrected chi connectivity index (χ0v) is 9.91. The molecule has 1 fully saturated rings. The van der Waals surface area contributed by atoms with Gasteiger partial charge in [-0.15, -0.1) is 0 Å². The summed E-state index contributed by atoms with van der Waals surface area (Å²) < 4.78 is 24.5. The molecule has 2 rings (SSSR count). The first kappa shape index (κ1) is 11.3. The number of sulfone groups is 1. The van der Waals surface area contributed by atoms with Gasteiger partial charge in [0, 0.05) is 6.42 Å². The number of carbonyl (C=O) groups excluding carboxylic acids is 1. The zero-order valence-electron chi connectivity index (χ0n) is 9.09. The molecule has 0 aliphatic heterocycles. The van der Waals surface area contributed by atoms with Crippen molar-refractivity contribution in [2.24, 2.45) is 5.92 Å². The molecule has 0 unspecified atom stereocenters. The van der Waals surface area contributed by atoms with Crippen LogP contribution < -0.4 is 0 Å². The second-order valence-corrected chi connectivity index (χ2v) is 6.33. The molecular formula is C12H14O3S. The lowest BCUT2D eigenvalue weighted by Crippen LogP contribution is -2.30. The minimum Gasteiger partial charge on any atom is -0.298 e. The lowest BCUT2D eigenvalue weighted by atomic mass is 10.1. The molecule has 1 aliphatic carbocycles. The van der Waals surface area contributed by atoms with Crippen molar-refractivity contribution in [1.29, 1.82) is 0 Å². The molecule has 3 nitrogen and oxygen atoms in total. The van der Waals surface area contributed by atoms with E-state index in [-0.39, 0.29) is 16.6 Å². The summed E-state index contributed by atoms with van der Waals surface area (Å²) in [4.78, 5) is 11.9. The van der Waals surface area contributed by atoms with Crippen molar-refractivity contribution in [2.75, 3.05) is 0 Å². The van der Waals surface area contributed by atoms with Crippen molar-refractivity contribution in [3.8, 4) is 0 Å². The van der Waals surface area contributed by atoms with Crippen LogP contribution in [0.3, 0.4) is 0 Å². The maximum absolute atomic E-state index is 12.2. The molecule has 4 heteroatoms. The van der Waals surface area contributed by atoms with E-state index < -0.39 is 15.1 Å². The molecule has 86 valence electrons. The number of Topliss-reactive ketones (excluding diaryl/α,β-unsaturated/α-hetero) is 1. The highest BCUT2D eigenvalue weighted by Crippen LogP contribution is 2.31. The Hall–Kier alpha value is -1.16. The van der Waals surface area contributed by atoms with Crippen LogP contribution in [-0.4, -0.2) is 19.5 Å². The Morgan fingerprint density at radius 1 is 1.19 bits per heavy atom. The number of hydrogen-bond acceptors (Lipinski definition) is 3. The summed E-state index contributed by atoms with van der Waals surface area (Å²) in [6.45, 7) is 1.83. The molecule has 0 radical (unpaired) electrons. The van der Waals surface area contributed by atoms with Crippen molar-refractivity contribution in [3.63, 3.8) is 0 Å². The predicted molar refractivity (Wildman–Crippen MR) is 60.8 cm³/mol. The molecule has 1 aromatic rings. The minimum absolute atomic E-state index is 0.0716. The highest BCUT2D eigenvalue weighted by atomic mass is 32.2. The van der Waals surface area contributed by atoms with Crippen LogP contribution in [0.5, 0.6) is 0 Å². The molecule has 1 aliphatic rings. The number of benzene rings is 1.